The van der Waals surface area contributed by atoms with Crippen LogP contribution in [0.3, 0.4) is 0 Å². The summed E-state index contributed by atoms with van der Waals surface area (Å²) in [6.45, 7) is 6.57. The maximum Gasteiger partial charge on any atom is 0.0967 e. The number of hydrogen-bond acceptors (Lipinski definition) is 0. The van der Waals surface area contributed by atoms with Gasteiger partial charge in [0.1, 0.15) is 0 Å². The zero-order valence-electron chi connectivity index (χ0n) is 14.8. The zero-order valence-corrected chi connectivity index (χ0v) is 14.8. The Morgan fingerprint density at radius 2 is 1.79 bits per heavy atom. The van der Waals surface area contributed by atoms with Crippen molar-refractivity contribution in [3.8, 4) is 0 Å². The second-order valence-electron chi connectivity index (χ2n) is 6.82. The van der Waals surface area contributed by atoms with E-state index in [1.54, 1.807) is 0 Å². The first-order chi connectivity index (χ1) is 11.6. The Balaban J connectivity index is 1.74. The molecule has 0 fully saturated rings. The first kappa shape index (κ1) is 16.4. The lowest BCUT2D eigenvalue weighted by molar-refractivity contribution is 0.759. The van der Waals surface area contributed by atoms with Crippen molar-refractivity contribution in [2.24, 2.45) is 0 Å². The Hall–Kier alpha value is -2.47. The van der Waals surface area contributed by atoms with Crippen molar-refractivity contribution in [1.29, 1.82) is 0 Å². The van der Waals surface area contributed by atoms with Gasteiger partial charge in [-0.2, -0.15) is 0 Å². The van der Waals surface area contributed by atoms with Crippen LogP contribution in [0.5, 0.6) is 0 Å². The standard InChI is InChI=1S/C24H25/c1-18-7-11-21(12-8-18)15-20(3)24-6-4-5-23(17-24)16-22-13-9-19(2)10-14-22/h4-14,16-17,20H,15H2,1-3H3/q+1. The molecule has 3 rings (SSSR count). The number of allylic oxidation sites excluding steroid dienone is 5. The molecule has 2 aromatic carbocycles. The third-order valence-corrected chi connectivity index (χ3v) is 4.55. The van der Waals surface area contributed by atoms with Gasteiger partial charge in [-0.25, -0.2) is 0 Å². The number of aryl methyl sites for hydroxylation is 1. The maximum absolute atomic E-state index is 2.32. The highest BCUT2D eigenvalue weighted by molar-refractivity contribution is 5.62. The Kier molecular flexibility index (Phi) is 5.05. The molecule has 0 nitrogen and oxygen atoms in total. The van der Waals surface area contributed by atoms with E-state index in [2.05, 4.69) is 100 Å². The minimum absolute atomic E-state index is 0.513. The third kappa shape index (κ3) is 4.29. The summed E-state index contributed by atoms with van der Waals surface area (Å²) >= 11 is 0. The highest BCUT2D eigenvalue weighted by Gasteiger charge is 2.10. The lowest BCUT2D eigenvalue weighted by Crippen LogP contribution is -1.99. The molecule has 1 aliphatic carbocycles. The van der Waals surface area contributed by atoms with Crippen molar-refractivity contribution >= 4 is 6.08 Å². The fourth-order valence-electron chi connectivity index (χ4n) is 3.01. The smallest absolute Gasteiger partial charge is 0.0605 e. The van der Waals surface area contributed by atoms with E-state index in [9.17, 15) is 0 Å². The quantitative estimate of drug-likeness (QED) is 0.569. The second-order valence-corrected chi connectivity index (χ2v) is 6.82. The minimum Gasteiger partial charge on any atom is -0.0605 e. The van der Waals surface area contributed by atoms with Crippen LogP contribution >= 0.6 is 0 Å². The summed E-state index contributed by atoms with van der Waals surface area (Å²) in [5, 5.41) is 0. The van der Waals surface area contributed by atoms with Crippen LogP contribution in [0.1, 0.15) is 42.0 Å². The van der Waals surface area contributed by atoms with Crippen molar-refractivity contribution in [2.45, 2.75) is 33.1 Å². The molecular formula is C24H25+. The van der Waals surface area contributed by atoms with E-state index in [1.807, 2.05) is 0 Å². The molecule has 0 N–H and O–H groups in total. The Labute approximate surface area is 146 Å². The van der Waals surface area contributed by atoms with Crippen LogP contribution in [0.2, 0.25) is 0 Å². The molecule has 0 radical (unpaired) electrons. The van der Waals surface area contributed by atoms with Crippen LogP contribution in [0, 0.1) is 13.3 Å². The monoisotopic (exact) mass is 313 g/mol. The molecule has 1 atom stereocenters. The summed E-state index contributed by atoms with van der Waals surface area (Å²) in [5.41, 5.74) is 7.95. The summed E-state index contributed by atoms with van der Waals surface area (Å²) in [7, 11) is 0. The van der Waals surface area contributed by atoms with Gasteiger partial charge in [0.2, 0.25) is 0 Å². The zero-order chi connectivity index (χ0) is 16.9. The van der Waals surface area contributed by atoms with E-state index in [0.717, 1.165) is 6.42 Å². The SMILES string of the molecule is CC1=C[CH+]/C(=C/c2cccc(C(C)Cc3ccc(C)cc3)c2)C=C1. The van der Waals surface area contributed by atoms with Gasteiger partial charge in [0, 0.05) is 41.9 Å². The minimum atomic E-state index is 0.513. The van der Waals surface area contributed by atoms with Crippen molar-refractivity contribution in [3.05, 3.63) is 107 Å². The lowest BCUT2D eigenvalue weighted by Gasteiger charge is -2.13. The highest BCUT2D eigenvalue weighted by atomic mass is 14.1. The van der Waals surface area contributed by atoms with Crippen LogP contribution in [-0.2, 0) is 6.42 Å². The van der Waals surface area contributed by atoms with Gasteiger partial charge in [-0.05, 0) is 49.4 Å². The normalized spacial score (nSPS) is 16.6. The fourth-order valence-corrected chi connectivity index (χ4v) is 3.01. The van der Waals surface area contributed by atoms with E-state index in [4.69, 9.17) is 0 Å². The molecule has 0 saturated heterocycles. The van der Waals surface area contributed by atoms with Crippen LogP contribution < -0.4 is 0 Å². The number of hydrogen-bond donors (Lipinski definition) is 0. The number of benzene rings is 2. The summed E-state index contributed by atoms with van der Waals surface area (Å²) in [6, 6.07) is 17.8. The predicted molar refractivity (Wildman–Crippen MR) is 105 cm³/mol. The average molecular weight is 313 g/mol. The molecule has 0 amide bonds. The van der Waals surface area contributed by atoms with Crippen molar-refractivity contribution in [1.82, 2.24) is 0 Å². The lowest BCUT2D eigenvalue weighted by atomic mass is 9.91. The molecule has 120 valence electrons. The highest BCUT2D eigenvalue weighted by Crippen LogP contribution is 2.24. The van der Waals surface area contributed by atoms with E-state index in [0.29, 0.717) is 5.92 Å². The van der Waals surface area contributed by atoms with Gasteiger partial charge in [-0.3, -0.25) is 0 Å². The molecule has 1 unspecified atom stereocenters. The fraction of sp³-hybridized carbons (Fsp3) is 0.208. The predicted octanol–water partition coefficient (Wildman–Crippen LogP) is 6.45. The Morgan fingerprint density at radius 3 is 2.50 bits per heavy atom. The second kappa shape index (κ2) is 7.40. The number of rotatable bonds is 4. The Bertz CT molecular complexity index is 785. The van der Waals surface area contributed by atoms with E-state index < -0.39 is 0 Å². The van der Waals surface area contributed by atoms with Crippen LogP contribution in [0.4, 0.5) is 0 Å². The molecule has 2 aromatic rings. The molecule has 0 aromatic heterocycles. The molecule has 0 heterocycles. The Morgan fingerprint density at radius 1 is 1.00 bits per heavy atom. The topological polar surface area (TPSA) is 0 Å². The van der Waals surface area contributed by atoms with E-state index >= 15 is 0 Å². The van der Waals surface area contributed by atoms with Crippen LogP contribution in [0.15, 0.2) is 77.9 Å². The van der Waals surface area contributed by atoms with Crippen molar-refractivity contribution in [2.75, 3.05) is 0 Å². The van der Waals surface area contributed by atoms with Gasteiger partial charge in [0.05, 0.1) is 5.57 Å². The van der Waals surface area contributed by atoms with Gasteiger partial charge >= 0.3 is 0 Å². The molecular weight excluding hydrogens is 288 g/mol. The average Bonchev–Trinajstić information content (AvgIpc) is 2.59. The molecule has 24 heavy (non-hydrogen) atoms. The summed E-state index contributed by atoms with van der Waals surface area (Å²) in [6.07, 6.45) is 12.0. The summed E-state index contributed by atoms with van der Waals surface area (Å²) in [5.74, 6) is 0.513. The first-order valence-electron chi connectivity index (χ1n) is 8.67. The molecule has 0 aliphatic heterocycles. The molecule has 0 bridgehead atoms. The first-order valence-corrected chi connectivity index (χ1v) is 8.67. The third-order valence-electron chi connectivity index (χ3n) is 4.55. The summed E-state index contributed by atoms with van der Waals surface area (Å²) < 4.78 is 0. The van der Waals surface area contributed by atoms with Crippen LogP contribution in [0.25, 0.3) is 6.08 Å². The van der Waals surface area contributed by atoms with Gasteiger partial charge < -0.3 is 0 Å². The van der Waals surface area contributed by atoms with E-state index in [1.165, 1.54) is 33.4 Å². The van der Waals surface area contributed by atoms with Crippen LogP contribution in [-0.4, -0.2) is 0 Å². The van der Waals surface area contributed by atoms with Gasteiger partial charge in [-0.1, -0.05) is 48.9 Å². The summed E-state index contributed by atoms with van der Waals surface area (Å²) in [4.78, 5) is 0. The van der Waals surface area contributed by atoms with Gasteiger partial charge in [0.15, 0.2) is 0 Å². The molecule has 0 saturated carbocycles. The molecule has 0 spiro atoms. The molecule has 1 aliphatic rings. The largest absolute Gasteiger partial charge is 0.0967 e. The van der Waals surface area contributed by atoms with Crippen molar-refractivity contribution < 1.29 is 0 Å². The van der Waals surface area contributed by atoms with Gasteiger partial charge in [0.25, 0.3) is 0 Å². The van der Waals surface area contributed by atoms with Crippen molar-refractivity contribution in [3.63, 3.8) is 0 Å². The van der Waals surface area contributed by atoms with Gasteiger partial charge in [-0.15, -0.1) is 0 Å². The maximum atomic E-state index is 2.32. The molecule has 0 heteroatoms. The van der Waals surface area contributed by atoms with E-state index in [-0.39, 0.29) is 0 Å².